The molecular weight excluding hydrogens is 252 g/mol. The molecule has 4 nitrogen and oxygen atoms in total. The molecule has 1 fully saturated rings. The molecule has 1 aromatic rings. The number of phenolic OH excluding ortho intramolecular Hbond substituents is 1. The minimum atomic E-state index is -3.86. The van der Waals surface area contributed by atoms with Gasteiger partial charge in [-0.15, -0.1) is 0 Å². The van der Waals surface area contributed by atoms with Gasteiger partial charge < -0.3 is 5.11 Å². The van der Waals surface area contributed by atoms with Gasteiger partial charge in [-0.3, -0.25) is 4.18 Å². The Balaban J connectivity index is 2.19. The van der Waals surface area contributed by atoms with Gasteiger partial charge in [0, 0.05) is 0 Å². The van der Waals surface area contributed by atoms with Crippen molar-refractivity contribution in [2.45, 2.75) is 50.0 Å². The maximum atomic E-state index is 12.1. The van der Waals surface area contributed by atoms with Gasteiger partial charge in [0.25, 0.3) is 0 Å². The monoisotopic (exact) mass is 270 g/mol. The van der Waals surface area contributed by atoms with Crippen LogP contribution >= 0.6 is 0 Å². The number of phenols is 1. The lowest BCUT2D eigenvalue weighted by Crippen LogP contribution is -2.21. The van der Waals surface area contributed by atoms with Gasteiger partial charge in [-0.2, -0.15) is 8.42 Å². The molecule has 0 heterocycles. The normalized spacial score (nSPS) is 17.8. The molecule has 18 heavy (non-hydrogen) atoms. The maximum Gasteiger partial charge on any atom is 0.300 e. The van der Waals surface area contributed by atoms with Gasteiger partial charge >= 0.3 is 10.1 Å². The summed E-state index contributed by atoms with van der Waals surface area (Å²) in [5.74, 6) is -0.245. The summed E-state index contributed by atoms with van der Waals surface area (Å²) < 4.78 is 29.3. The van der Waals surface area contributed by atoms with Crippen molar-refractivity contribution in [2.75, 3.05) is 0 Å². The number of aryl methyl sites for hydroxylation is 1. The van der Waals surface area contributed by atoms with E-state index in [1.165, 1.54) is 12.1 Å². The molecule has 0 atom stereocenters. The third kappa shape index (κ3) is 3.03. The number of rotatable bonds is 3. The summed E-state index contributed by atoms with van der Waals surface area (Å²) >= 11 is 0. The Hall–Kier alpha value is -1.07. The van der Waals surface area contributed by atoms with Crippen LogP contribution in [0.25, 0.3) is 0 Å². The molecule has 1 N–H and O–H groups in total. The number of benzene rings is 1. The van der Waals surface area contributed by atoms with Crippen LogP contribution in [0.3, 0.4) is 0 Å². The van der Waals surface area contributed by atoms with Crippen LogP contribution in [0.1, 0.15) is 37.7 Å². The highest BCUT2D eigenvalue weighted by Gasteiger charge is 2.25. The number of aromatic hydroxyl groups is 1. The van der Waals surface area contributed by atoms with Crippen LogP contribution in [-0.4, -0.2) is 19.6 Å². The van der Waals surface area contributed by atoms with Gasteiger partial charge in [0.2, 0.25) is 0 Å². The predicted octanol–water partition coefficient (Wildman–Crippen LogP) is 2.74. The zero-order valence-corrected chi connectivity index (χ0v) is 11.2. The first-order chi connectivity index (χ1) is 8.49. The molecule has 100 valence electrons. The van der Waals surface area contributed by atoms with Crippen molar-refractivity contribution in [1.29, 1.82) is 0 Å². The van der Waals surface area contributed by atoms with Gasteiger partial charge in [0.15, 0.2) is 0 Å². The van der Waals surface area contributed by atoms with Gasteiger partial charge in [-0.05, 0) is 37.5 Å². The van der Waals surface area contributed by atoms with Gasteiger partial charge in [-0.1, -0.05) is 25.3 Å². The summed E-state index contributed by atoms with van der Waals surface area (Å²) in [5, 5.41) is 9.70. The number of hydrogen-bond donors (Lipinski definition) is 1. The van der Waals surface area contributed by atoms with Crippen molar-refractivity contribution in [2.24, 2.45) is 0 Å². The van der Waals surface area contributed by atoms with Crippen LogP contribution in [-0.2, 0) is 14.3 Å². The van der Waals surface area contributed by atoms with Crippen molar-refractivity contribution in [3.8, 4) is 5.75 Å². The van der Waals surface area contributed by atoms with E-state index in [0.29, 0.717) is 0 Å². The van der Waals surface area contributed by atoms with E-state index in [9.17, 15) is 13.5 Å². The van der Waals surface area contributed by atoms with Gasteiger partial charge in [-0.25, -0.2) is 0 Å². The van der Waals surface area contributed by atoms with Crippen molar-refractivity contribution < 1.29 is 17.7 Å². The highest BCUT2D eigenvalue weighted by molar-refractivity contribution is 7.86. The van der Waals surface area contributed by atoms with Crippen molar-refractivity contribution >= 4 is 10.1 Å². The summed E-state index contributed by atoms with van der Waals surface area (Å²) in [6.45, 7) is 1.79. The average Bonchev–Trinajstić information content (AvgIpc) is 2.29. The fourth-order valence-corrected chi connectivity index (χ4v) is 3.44. The smallest absolute Gasteiger partial charge is 0.300 e. The Morgan fingerprint density at radius 2 is 1.89 bits per heavy atom. The van der Waals surface area contributed by atoms with E-state index in [-0.39, 0.29) is 16.7 Å². The van der Waals surface area contributed by atoms with E-state index >= 15 is 0 Å². The molecule has 0 aromatic heterocycles. The first-order valence-electron chi connectivity index (χ1n) is 6.22. The Kier molecular flexibility index (Phi) is 3.92. The van der Waals surface area contributed by atoms with Gasteiger partial charge in [0.1, 0.15) is 10.6 Å². The van der Waals surface area contributed by atoms with E-state index in [1.807, 2.05) is 0 Å². The molecule has 0 saturated heterocycles. The van der Waals surface area contributed by atoms with Crippen molar-refractivity contribution in [3.05, 3.63) is 23.8 Å². The summed E-state index contributed by atoms with van der Waals surface area (Å²) in [5.41, 5.74) is 0.809. The van der Waals surface area contributed by atoms with E-state index in [4.69, 9.17) is 4.18 Å². The van der Waals surface area contributed by atoms with Crippen LogP contribution in [0, 0.1) is 6.92 Å². The van der Waals surface area contributed by atoms with Crippen molar-refractivity contribution in [3.63, 3.8) is 0 Å². The summed E-state index contributed by atoms with van der Waals surface area (Å²) in [4.78, 5) is -0.140. The lowest BCUT2D eigenvalue weighted by atomic mass is 9.98. The molecule has 2 rings (SSSR count). The van der Waals surface area contributed by atoms with Crippen LogP contribution in [0.4, 0.5) is 0 Å². The summed E-state index contributed by atoms with van der Waals surface area (Å²) in [7, 11) is -3.86. The zero-order chi connectivity index (χ0) is 13.2. The first kappa shape index (κ1) is 13.4. The molecule has 0 unspecified atom stereocenters. The minimum Gasteiger partial charge on any atom is -0.506 e. The third-order valence-electron chi connectivity index (χ3n) is 3.20. The van der Waals surface area contributed by atoms with E-state index < -0.39 is 10.1 Å². The lowest BCUT2D eigenvalue weighted by molar-refractivity contribution is 0.162. The lowest BCUT2D eigenvalue weighted by Gasteiger charge is -2.21. The molecule has 1 aliphatic carbocycles. The molecule has 0 aliphatic heterocycles. The zero-order valence-electron chi connectivity index (χ0n) is 10.4. The van der Waals surface area contributed by atoms with Crippen molar-refractivity contribution in [1.82, 2.24) is 0 Å². The van der Waals surface area contributed by atoms with Crippen LogP contribution < -0.4 is 0 Å². The number of hydrogen-bond acceptors (Lipinski definition) is 4. The quantitative estimate of drug-likeness (QED) is 0.858. The molecule has 1 saturated carbocycles. The Bertz CT molecular complexity index is 516. The molecule has 0 radical (unpaired) electrons. The van der Waals surface area contributed by atoms with E-state index in [1.54, 1.807) is 13.0 Å². The molecule has 0 amide bonds. The van der Waals surface area contributed by atoms with Gasteiger partial charge in [0.05, 0.1) is 6.10 Å². The molecule has 5 heteroatoms. The van der Waals surface area contributed by atoms with Crippen LogP contribution in [0.2, 0.25) is 0 Å². The second-order valence-corrected chi connectivity index (χ2v) is 6.32. The fourth-order valence-electron chi connectivity index (χ4n) is 2.23. The predicted molar refractivity (Wildman–Crippen MR) is 68.0 cm³/mol. The van der Waals surface area contributed by atoms with Crippen LogP contribution in [0.15, 0.2) is 23.1 Å². The second-order valence-electron chi connectivity index (χ2n) is 4.78. The molecular formula is C13H18O4S. The Labute approximate surface area is 108 Å². The largest absolute Gasteiger partial charge is 0.506 e. The minimum absolute atomic E-state index is 0.140. The highest BCUT2D eigenvalue weighted by atomic mass is 32.2. The molecule has 0 bridgehead atoms. The average molecular weight is 270 g/mol. The Morgan fingerprint density at radius 3 is 2.50 bits per heavy atom. The topological polar surface area (TPSA) is 63.6 Å². The fraction of sp³-hybridized carbons (Fsp3) is 0.538. The second kappa shape index (κ2) is 5.28. The Morgan fingerprint density at radius 1 is 1.22 bits per heavy atom. The maximum absolute atomic E-state index is 12.1. The SMILES string of the molecule is Cc1ccc(S(=O)(=O)OC2CCCCC2)c(O)c1. The third-order valence-corrected chi connectivity index (χ3v) is 4.61. The van der Waals surface area contributed by atoms with E-state index in [2.05, 4.69) is 0 Å². The van der Waals surface area contributed by atoms with E-state index in [0.717, 1.165) is 37.7 Å². The molecule has 1 aromatic carbocycles. The van der Waals surface area contributed by atoms with Crippen LogP contribution in [0.5, 0.6) is 5.75 Å². The first-order valence-corrected chi connectivity index (χ1v) is 7.63. The standard InChI is InChI=1S/C13H18O4S/c1-10-7-8-13(12(14)9-10)18(15,16)17-11-5-3-2-4-6-11/h7-9,11,14H,2-6H2,1H3. The molecule has 1 aliphatic rings. The highest BCUT2D eigenvalue weighted by Crippen LogP contribution is 2.29. The summed E-state index contributed by atoms with van der Waals surface area (Å²) in [6, 6.07) is 4.47. The molecule has 0 spiro atoms. The summed E-state index contributed by atoms with van der Waals surface area (Å²) in [6.07, 6.45) is 4.43.